The summed E-state index contributed by atoms with van der Waals surface area (Å²) in [6.07, 6.45) is 1.06. The zero-order valence-corrected chi connectivity index (χ0v) is 13.3. The summed E-state index contributed by atoms with van der Waals surface area (Å²) < 4.78 is 69.2. The van der Waals surface area contributed by atoms with Crippen molar-refractivity contribution in [3.05, 3.63) is 28.7 Å². The van der Waals surface area contributed by atoms with Gasteiger partial charge in [-0.1, -0.05) is 0 Å². The van der Waals surface area contributed by atoms with E-state index in [0.717, 1.165) is 4.57 Å². The van der Waals surface area contributed by atoms with E-state index in [0.29, 0.717) is 0 Å². The second-order valence-electron chi connectivity index (χ2n) is 4.75. The van der Waals surface area contributed by atoms with Crippen LogP contribution in [0, 0.1) is 0 Å². The molecule has 0 unspecified atom stereocenters. The van der Waals surface area contributed by atoms with Gasteiger partial charge in [0.1, 0.15) is 0 Å². The van der Waals surface area contributed by atoms with E-state index in [9.17, 15) is 26.4 Å². The van der Waals surface area contributed by atoms with Gasteiger partial charge in [0.25, 0.3) is 5.56 Å². The standard InChI is InChI=1S/C10H14F3NO5SSi/c1-18-8-5-4-6-14(9(8)15)7-21(2,3)19-20(16,17)10(11,12)13/h4-6H,7H2,1-3H3. The summed E-state index contributed by atoms with van der Waals surface area (Å²) >= 11 is 0. The highest BCUT2D eigenvalue weighted by Gasteiger charge is 2.50. The van der Waals surface area contributed by atoms with Crippen LogP contribution in [-0.4, -0.2) is 33.9 Å². The first-order valence-electron chi connectivity index (χ1n) is 5.65. The predicted octanol–water partition coefficient (Wildman–Crippen LogP) is 1.47. The van der Waals surface area contributed by atoms with E-state index in [2.05, 4.69) is 3.87 Å². The first-order chi connectivity index (χ1) is 9.39. The number of hydrogen-bond donors (Lipinski definition) is 0. The lowest BCUT2D eigenvalue weighted by atomic mass is 10.4. The molecule has 0 spiro atoms. The molecule has 1 aromatic rings. The first kappa shape index (κ1) is 17.7. The summed E-state index contributed by atoms with van der Waals surface area (Å²) in [7, 11) is -7.77. The zero-order valence-electron chi connectivity index (χ0n) is 11.5. The molecule has 1 aromatic heterocycles. The van der Waals surface area contributed by atoms with Crippen molar-refractivity contribution >= 4 is 18.4 Å². The van der Waals surface area contributed by atoms with Gasteiger partial charge < -0.3 is 13.2 Å². The van der Waals surface area contributed by atoms with E-state index in [4.69, 9.17) is 4.74 Å². The summed E-state index contributed by atoms with van der Waals surface area (Å²) in [6, 6.07) is 2.85. The van der Waals surface area contributed by atoms with Crippen LogP contribution in [0.3, 0.4) is 0 Å². The highest BCUT2D eigenvalue weighted by Crippen LogP contribution is 2.27. The van der Waals surface area contributed by atoms with Crippen molar-refractivity contribution in [2.24, 2.45) is 0 Å². The largest absolute Gasteiger partial charge is 0.522 e. The minimum atomic E-state index is -5.69. The van der Waals surface area contributed by atoms with Gasteiger partial charge >= 0.3 is 15.6 Å². The molecule has 0 aromatic carbocycles. The van der Waals surface area contributed by atoms with Crippen molar-refractivity contribution in [1.82, 2.24) is 4.57 Å². The van der Waals surface area contributed by atoms with E-state index < -0.39 is 29.5 Å². The molecule has 0 bridgehead atoms. The average molecular weight is 345 g/mol. The van der Waals surface area contributed by atoms with Gasteiger partial charge in [0, 0.05) is 12.4 Å². The minimum Gasteiger partial charge on any atom is -0.491 e. The van der Waals surface area contributed by atoms with E-state index >= 15 is 0 Å². The van der Waals surface area contributed by atoms with Gasteiger partial charge in [-0.05, 0) is 25.2 Å². The van der Waals surface area contributed by atoms with Crippen molar-refractivity contribution in [3.8, 4) is 5.75 Å². The number of rotatable bonds is 5. The van der Waals surface area contributed by atoms with Crippen molar-refractivity contribution in [3.63, 3.8) is 0 Å². The summed E-state index contributed by atoms with van der Waals surface area (Å²) in [4.78, 5) is 11.9. The summed E-state index contributed by atoms with van der Waals surface area (Å²) in [5.41, 5.74) is -6.06. The molecule has 0 atom stereocenters. The normalized spacial score (nSPS) is 13.2. The molecule has 0 saturated carbocycles. The first-order valence-corrected chi connectivity index (χ1v) is 10.2. The number of ether oxygens (including phenoxy) is 1. The van der Waals surface area contributed by atoms with Gasteiger partial charge in [0.15, 0.2) is 5.75 Å². The second kappa shape index (κ2) is 5.81. The van der Waals surface area contributed by atoms with Crippen molar-refractivity contribution in [2.75, 3.05) is 7.11 Å². The quantitative estimate of drug-likeness (QED) is 0.597. The van der Waals surface area contributed by atoms with Crippen LogP contribution >= 0.6 is 0 Å². The maximum absolute atomic E-state index is 12.3. The molecule has 0 fully saturated rings. The van der Waals surface area contributed by atoms with Crippen molar-refractivity contribution < 1.29 is 30.2 Å². The lowest BCUT2D eigenvalue weighted by molar-refractivity contribution is -0.0504. The molecular formula is C10H14F3NO5SSi. The Morgan fingerprint density at radius 3 is 2.38 bits per heavy atom. The molecule has 11 heteroatoms. The van der Waals surface area contributed by atoms with Gasteiger partial charge in [0.2, 0.25) is 8.32 Å². The Morgan fingerprint density at radius 1 is 1.33 bits per heavy atom. The Balaban J connectivity index is 3.05. The van der Waals surface area contributed by atoms with E-state index in [1.54, 1.807) is 0 Å². The van der Waals surface area contributed by atoms with Crippen molar-refractivity contribution in [1.29, 1.82) is 0 Å². The summed E-state index contributed by atoms with van der Waals surface area (Å²) in [6.45, 7) is 2.53. The van der Waals surface area contributed by atoms with E-state index in [1.807, 2.05) is 0 Å². The van der Waals surface area contributed by atoms with Crippen LogP contribution in [0.2, 0.25) is 13.1 Å². The van der Waals surface area contributed by atoms with Crippen LogP contribution in [0.5, 0.6) is 5.75 Å². The van der Waals surface area contributed by atoms with Crippen LogP contribution in [0.1, 0.15) is 0 Å². The molecule has 120 valence electrons. The van der Waals surface area contributed by atoms with Crippen LogP contribution in [0.15, 0.2) is 23.1 Å². The summed E-state index contributed by atoms with van der Waals surface area (Å²) in [5, 5.41) is 0. The second-order valence-corrected chi connectivity index (χ2v) is 10.6. The number of hydrogen-bond acceptors (Lipinski definition) is 5. The average Bonchev–Trinajstić information content (AvgIpc) is 2.28. The van der Waals surface area contributed by atoms with E-state index in [1.165, 1.54) is 38.5 Å². The molecule has 21 heavy (non-hydrogen) atoms. The molecule has 1 rings (SSSR count). The molecule has 0 amide bonds. The third kappa shape index (κ3) is 4.31. The number of pyridine rings is 1. The Hall–Kier alpha value is -1.33. The van der Waals surface area contributed by atoms with Gasteiger partial charge in [0.05, 0.1) is 7.11 Å². The fourth-order valence-electron chi connectivity index (χ4n) is 1.58. The Bertz CT molecular complexity index is 668. The Morgan fingerprint density at radius 2 is 1.90 bits per heavy atom. The molecule has 0 radical (unpaired) electrons. The highest BCUT2D eigenvalue weighted by atomic mass is 32.2. The number of nitrogens with zero attached hydrogens (tertiary/aromatic N) is 1. The number of methoxy groups -OCH3 is 1. The Kier molecular flexibility index (Phi) is 4.90. The van der Waals surface area contributed by atoms with Gasteiger partial charge in [-0.2, -0.15) is 21.6 Å². The maximum atomic E-state index is 12.3. The lowest BCUT2D eigenvalue weighted by Gasteiger charge is -2.23. The van der Waals surface area contributed by atoms with Crippen LogP contribution < -0.4 is 10.3 Å². The highest BCUT2D eigenvalue weighted by molar-refractivity contribution is 7.88. The van der Waals surface area contributed by atoms with Gasteiger partial charge in [-0.25, -0.2) is 0 Å². The molecule has 0 aliphatic heterocycles. The smallest absolute Gasteiger partial charge is 0.491 e. The number of halogens is 3. The molecule has 0 saturated heterocycles. The number of aromatic nitrogens is 1. The fourth-order valence-corrected chi connectivity index (χ4v) is 5.61. The molecule has 1 heterocycles. The molecule has 6 nitrogen and oxygen atoms in total. The molecule has 0 aliphatic carbocycles. The predicted molar refractivity (Wildman–Crippen MR) is 70.8 cm³/mol. The van der Waals surface area contributed by atoms with Gasteiger partial charge in [-0.15, -0.1) is 0 Å². The van der Waals surface area contributed by atoms with Crippen LogP contribution in [0.25, 0.3) is 0 Å². The lowest BCUT2D eigenvalue weighted by Crippen LogP contribution is -2.44. The summed E-state index contributed by atoms with van der Waals surface area (Å²) in [5.74, 6) is 0.000906. The van der Waals surface area contributed by atoms with E-state index in [-0.39, 0.29) is 11.9 Å². The molecule has 0 aliphatic rings. The van der Waals surface area contributed by atoms with Crippen LogP contribution in [-0.2, 0) is 20.2 Å². The van der Waals surface area contributed by atoms with Crippen molar-refractivity contribution in [2.45, 2.75) is 24.8 Å². The Labute approximate surface area is 120 Å². The monoisotopic (exact) mass is 345 g/mol. The fraction of sp³-hybridized carbons (Fsp3) is 0.500. The third-order valence-electron chi connectivity index (χ3n) is 2.38. The zero-order chi connectivity index (χ0) is 16.5. The van der Waals surface area contributed by atoms with Gasteiger partial charge in [-0.3, -0.25) is 4.79 Å². The number of alkyl halides is 3. The minimum absolute atomic E-state index is 0.000906. The molecule has 0 N–H and O–H groups in total. The SMILES string of the molecule is COc1cccn(C[Si](C)(C)OS(=O)(=O)C(F)(F)F)c1=O. The van der Waals surface area contributed by atoms with Crippen LogP contribution in [0.4, 0.5) is 13.2 Å². The topological polar surface area (TPSA) is 74.6 Å². The third-order valence-corrected chi connectivity index (χ3v) is 6.73. The maximum Gasteiger partial charge on any atom is 0.522 e. The molecular weight excluding hydrogens is 331 g/mol.